The Balaban J connectivity index is 3.55. The summed E-state index contributed by atoms with van der Waals surface area (Å²) in [6.45, 7) is 5.24. The lowest BCUT2D eigenvalue weighted by Gasteiger charge is -2.22. The second kappa shape index (κ2) is 5.69. The van der Waals surface area contributed by atoms with Crippen molar-refractivity contribution in [3.63, 3.8) is 0 Å². The van der Waals surface area contributed by atoms with Gasteiger partial charge in [-0.2, -0.15) is 0 Å². The van der Waals surface area contributed by atoms with E-state index < -0.39 is 26.4 Å². The van der Waals surface area contributed by atoms with Gasteiger partial charge in [0.2, 0.25) is 10.0 Å². The summed E-state index contributed by atoms with van der Waals surface area (Å²) in [6.07, 6.45) is 0. The van der Waals surface area contributed by atoms with Gasteiger partial charge in [0.25, 0.3) is 5.91 Å². The largest absolute Gasteiger partial charge is 0.347 e. The van der Waals surface area contributed by atoms with E-state index in [9.17, 15) is 13.2 Å². The van der Waals surface area contributed by atoms with E-state index in [0.717, 1.165) is 6.07 Å². The molecule has 112 valence electrons. The van der Waals surface area contributed by atoms with Crippen LogP contribution in [0.2, 0.25) is 15.1 Å². The Morgan fingerprint density at radius 2 is 1.70 bits per heavy atom. The van der Waals surface area contributed by atoms with Crippen molar-refractivity contribution in [3.8, 4) is 0 Å². The average molecular weight is 360 g/mol. The van der Waals surface area contributed by atoms with Crippen molar-refractivity contribution < 1.29 is 13.2 Å². The van der Waals surface area contributed by atoms with Crippen LogP contribution in [0.25, 0.3) is 0 Å². The molecule has 1 rings (SSSR count). The molecule has 20 heavy (non-hydrogen) atoms. The summed E-state index contributed by atoms with van der Waals surface area (Å²) in [6, 6.07) is 1.01. The molecule has 9 heteroatoms. The second-order valence-corrected chi connectivity index (χ2v) is 7.80. The molecule has 0 aliphatic rings. The minimum atomic E-state index is -4.13. The molecule has 0 spiro atoms. The fourth-order valence-electron chi connectivity index (χ4n) is 1.39. The third kappa shape index (κ3) is 3.99. The predicted octanol–water partition coefficient (Wildman–Crippen LogP) is 2.82. The van der Waals surface area contributed by atoms with Crippen molar-refractivity contribution in [2.24, 2.45) is 5.14 Å². The number of rotatable bonds is 2. The topological polar surface area (TPSA) is 89.3 Å². The summed E-state index contributed by atoms with van der Waals surface area (Å²) in [7, 11) is -4.13. The summed E-state index contributed by atoms with van der Waals surface area (Å²) < 4.78 is 22.9. The number of benzene rings is 1. The lowest BCUT2D eigenvalue weighted by Crippen LogP contribution is -2.41. The number of nitrogens with two attached hydrogens (primary N) is 1. The van der Waals surface area contributed by atoms with Crippen LogP contribution >= 0.6 is 34.8 Å². The van der Waals surface area contributed by atoms with E-state index in [4.69, 9.17) is 39.9 Å². The maximum atomic E-state index is 12.2. The van der Waals surface area contributed by atoms with Crippen LogP contribution in [0.5, 0.6) is 0 Å². The molecular formula is C11H13Cl3N2O3S. The fourth-order valence-corrected chi connectivity index (χ4v) is 3.13. The van der Waals surface area contributed by atoms with E-state index in [1.54, 1.807) is 20.8 Å². The zero-order valence-corrected chi connectivity index (χ0v) is 14.0. The fraction of sp³-hybridized carbons (Fsp3) is 0.364. The summed E-state index contributed by atoms with van der Waals surface area (Å²) in [5.74, 6) is -0.639. The minimum absolute atomic E-state index is 0.126. The van der Waals surface area contributed by atoms with Crippen LogP contribution in [0.1, 0.15) is 31.1 Å². The van der Waals surface area contributed by atoms with E-state index in [1.165, 1.54) is 0 Å². The standard InChI is InChI=1S/C11H13Cl3N2O3S/c1-11(2,3)16-10(17)7-8(13)5(12)4-6(9(7)14)20(15,18)19/h4H,1-3H3,(H,16,17)(H2,15,18,19). The Morgan fingerprint density at radius 3 is 2.10 bits per heavy atom. The van der Waals surface area contributed by atoms with Crippen LogP contribution in [-0.4, -0.2) is 19.9 Å². The molecule has 1 amide bonds. The molecule has 0 aromatic heterocycles. The zero-order chi connectivity index (χ0) is 15.9. The van der Waals surface area contributed by atoms with Crippen molar-refractivity contribution in [2.75, 3.05) is 0 Å². The normalized spacial score (nSPS) is 12.3. The van der Waals surface area contributed by atoms with Gasteiger partial charge < -0.3 is 5.32 Å². The number of carbonyl (C=O) groups excluding carboxylic acids is 1. The Labute approximate surface area is 132 Å². The summed E-state index contributed by atoms with van der Waals surface area (Å²) in [5, 5.41) is 7.03. The van der Waals surface area contributed by atoms with Gasteiger partial charge in [0.15, 0.2) is 0 Å². The molecule has 0 aliphatic carbocycles. The number of hydrogen-bond donors (Lipinski definition) is 2. The van der Waals surface area contributed by atoms with Crippen LogP contribution in [0.3, 0.4) is 0 Å². The minimum Gasteiger partial charge on any atom is -0.347 e. The van der Waals surface area contributed by atoms with E-state index in [0.29, 0.717) is 0 Å². The molecule has 0 fully saturated rings. The Kier molecular flexibility index (Phi) is 4.99. The quantitative estimate of drug-likeness (QED) is 0.796. The first-order valence-corrected chi connectivity index (χ1v) is 8.05. The monoisotopic (exact) mass is 358 g/mol. The maximum Gasteiger partial charge on any atom is 0.254 e. The van der Waals surface area contributed by atoms with Gasteiger partial charge >= 0.3 is 0 Å². The number of hydrogen-bond acceptors (Lipinski definition) is 3. The smallest absolute Gasteiger partial charge is 0.254 e. The molecule has 0 radical (unpaired) electrons. The molecular weight excluding hydrogens is 347 g/mol. The number of carbonyl (C=O) groups is 1. The third-order valence-corrected chi connectivity index (χ3v) is 4.37. The van der Waals surface area contributed by atoms with Gasteiger partial charge in [-0.3, -0.25) is 4.79 Å². The maximum absolute atomic E-state index is 12.2. The molecule has 5 nitrogen and oxygen atoms in total. The van der Waals surface area contributed by atoms with Crippen LogP contribution in [0, 0.1) is 0 Å². The highest BCUT2D eigenvalue weighted by atomic mass is 35.5. The summed E-state index contributed by atoms with van der Waals surface area (Å²) in [4.78, 5) is 11.7. The van der Waals surface area contributed by atoms with Gasteiger partial charge in [0.05, 0.1) is 20.6 Å². The van der Waals surface area contributed by atoms with Crippen LogP contribution in [-0.2, 0) is 10.0 Å². The van der Waals surface area contributed by atoms with Gasteiger partial charge in [-0.15, -0.1) is 0 Å². The predicted molar refractivity (Wildman–Crippen MR) is 80.1 cm³/mol. The van der Waals surface area contributed by atoms with Gasteiger partial charge in [0, 0.05) is 5.54 Å². The third-order valence-electron chi connectivity index (χ3n) is 2.14. The molecule has 0 saturated carbocycles. The molecule has 0 bridgehead atoms. The van der Waals surface area contributed by atoms with E-state index in [2.05, 4.69) is 5.32 Å². The number of halogens is 3. The van der Waals surface area contributed by atoms with Crippen molar-refractivity contribution >= 4 is 50.7 Å². The number of amides is 1. The SMILES string of the molecule is CC(C)(C)NC(=O)c1c(Cl)c(Cl)cc(S(N)(=O)=O)c1Cl. The van der Waals surface area contributed by atoms with Crippen LogP contribution in [0.4, 0.5) is 0 Å². The van der Waals surface area contributed by atoms with Gasteiger partial charge in [-0.25, -0.2) is 13.6 Å². The number of primary sulfonamides is 1. The van der Waals surface area contributed by atoms with Crippen LogP contribution < -0.4 is 10.5 Å². The van der Waals surface area contributed by atoms with Gasteiger partial charge in [-0.1, -0.05) is 34.8 Å². The van der Waals surface area contributed by atoms with Gasteiger partial charge in [-0.05, 0) is 26.8 Å². The second-order valence-electron chi connectivity index (χ2n) is 5.11. The number of sulfonamides is 1. The lowest BCUT2D eigenvalue weighted by molar-refractivity contribution is 0.0919. The Hall–Kier alpha value is -0.530. The molecule has 3 N–H and O–H groups in total. The van der Waals surface area contributed by atoms with Crippen molar-refractivity contribution in [3.05, 3.63) is 26.7 Å². The van der Waals surface area contributed by atoms with E-state index >= 15 is 0 Å². The molecule has 0 heterocycles. The van der Waals surface area contributed by atoms with E-state index in [1.807, 2.05) is 0 Å². The lowest BCUT2D eigenvalue weighted by atomic mass is 10.1. The molecule has 1 aromatic rings. The van der Waals surface area contributed by atoms with Crippen molar-refractivity contribution in [1.82, 2.24) is 5.32 Å². The van der Waals surface area contributed by atoms with Crippen molar-refractivity contribution in [1.29, 1.82) is 0 Å². The first-order valence-electron chi connectivity index (χ1n) is 5.37. The van der Waals surface area contributed by atoms with E-state index in [-0.39, 0.29) is 20.6 Å². The molecule has 1 aromatic carbocycles. The van der Waals surface area contributed by atoms with Crippen molar-refractivity contribution in [2.45, 2.75) is 31.2 Å². The highest BCUT2D eigenvalue weighted by Crippen LogP contribution is 2.36. The van der Waals surface area contributed by atoms with Crippen LogP contribution in [0.15, 0.2) is 11.0 Å². The summed E-state index contributed by atoms with van der Waals surface area (Å²) in [5.41, 5.74) is -0.784. The summed E-state index contributed by atoms with van der Waals surface area (Å²) >= 11 is 17.7. The average Bonchev–Trinajstić information content (AvgIpc) is 2.19. The Bertz CT molecular complexity index is 666. The molecule has 0 aliphatic heterocycles. The van der Waals surface area contributed by atoms with Gasteiger partial charge in [0.1, 0.15) is 4.90 Å². The highest BCUT2D eigenvalue weighted by Gasteiger charge is 2.27. The molecule has 0 atom stereocenters. The first-order chi connectivity index (χ1) is 8.84. The highest BCUT2D eigenvalue weighted by molar-refractivity contribution is 7.89. The first kappa shape index (κ1) is 17.5. The molecule has 0 saturated heterocycles. The Morgan fingerprint density at radius 1 is 1.20 bits per heavy atom. The zero-order valence-electron chi connectivity index (χ0n) is 10.9. The number of nitrogens with one attached hydrogen (secondary N) is 1. The molecule has 0 unspecified atom stereocenters.